The van der Waals surface area contributed by atoms with Gasteiger partial charge in [0.15, 0.2) is 0 Å². The summed E-state index contributed by atoms with van der Waals surface area (Å²) in [6.45, 7) is 0.600. The summed E-state index contributed by atoms with van der Waals surface area (Å²) in [5, 5.41) is 11.3. The van der Waals surface area contributed by atoms with Crippen LogP contribution in [-0.4, -0.2) is 17.6 Å². The molecule has 1 aromatic rings. The number of aliphatic hydroxyl groups excluding tert-OH is 1. The topological polar surface area (TPSA) is 49.3 Å². The van der Waals surface area contributed by atoms with Gasteiger partial charge in [-0.25, -0.2) is 0 Å². The van der Waals surface area contributed by atoms with Gasteiger partial charge >= 0.3 is 0 Å². The van der Waals surface area contributed by atoms with Crippen LogP contribution < -0.4 is 5.32 Å². The Morgan fingerprint density at radius 3 is 2.60 bits per heavy atom. The van der Waals surface area contributed by atoms with E-state index in [0.29, 0.717) is 19.4 Å². The highest BCUT2D eigenvalue weighted by molar-refractivity contribution is 9.10. The minimum atomic E-state index is -0.0213. The second-order valence-electron chi connectivity index (χ2n) is 3.23. The predicted molar refractivity (Wildman–Crippen MR) is 62.3 cm³/mol. The molecular weight excluding hydrogens is 258 g/mol. The van der Waals surface area contributed by atoms with Crippen LogP contribution in [-0.2, 0) is 11.3 Å². The fourth-order valence-electron chi connectivity index (χ4n) is 1.13. The van der Waals surface area contributed by atoms with Crippen LogP contribution in [0.5, 0.6) is 0 Å². The first-order valence-corrected chi connectivity index (χ1v) is 5.63. The van der Waals surface area contributed by atoms with Crippen LogP contribution in [0.2, 0.25) is 0 Å². The van der Waals surface area contributed by atoms with Gasteiger partial charge < -0.3 is 10.4 Å². The van der Waals surface area contributed by atoms with E-state index in [2.05, 4.69) is 21.2 Å². The number of carbonyl (C=O) groups excluding carboxylic acids is 1. The van der Waals surface area contributed by atoms with Crippen molar-refractivity contribution in [1.82, 2.24) is 5.32 Å². The molecule has 0 aliphatic rings. The molecule has 0 atom stereocenters. The zero-order valence-electron chi connectivity index (χ0n) is 8.37. The van der Waals surface area contributed by atoms with Crippen molar-refractivity contribution in [2.75, 3.05) is 6.61 Å². The molecule has 0 bridgehead atoms. The maximum atomic E-state index is 11.2. The van der Waals surface area contributed by atoms with Gasteiger partial charge in [-0.05, 0) is 24.1 Å². The second kappa shape index (κ2) is 6.58. The summed E-state index contributed by atoms with van der Waals surface area (Å²) in [5.41, 5.74) is 1.07. The average molecular weight is 272 g/mol. The van der Waals surface area contributed by atoms with Gasteiger partial charge in [-0.3, -0.25) is 4.79 Å². The van der Waals surface area contributed by atoms with Gasteiger partial charge in [-0.1, -0.05) is 28.1 Å². The van der Waals surface area contributed by atoms with E-state index >= 15 is 0 Å². The summed E-state index contributed by atoms with van der Waals surface area (Å²) >= 11 is 3.34. The SMILES string of the molecule is O=C(CCCO)NCc1ccc(Br)cc1. The van der Waals surface area contributed by atoms with Crippen molar-refractivity contribution in [3.63, 3.8) is 0 Å². The van der Waals surface area contributed by atoms with Crippen LogP contribution in [0.1, 0.15) is 18.4 Å². The zero-order valence-corrected chi connectivity index (χ0v) is 9.96. The van der Waals surface area contributed by atoms with Crippen LogP contribution in [0.15, 0.2) is 28.7 Å². The summed E-state index contributed by atoms with van der Waals surface area (Å²) < 4.78 is 1.03. The maximum absolute atomic E-state index is 11.2. The quantitative estimate of drug-likeness (QED) is 0.859. The van der Waals surface area contributed by atoms with Crippen LogP contribution in [0.3, 0.4) is 0 Å². The van der Waals surface area contributed by atoms with Gasteiger partial charge in [0.1, 0.15) is 0 Å². The third-order valence-corrected chi connectivity index (χ3v) is 2.49. The lowest BCUT2D eigenvalue weighted by atomic mass is 10.2. The fraction of sp³-hybridized carbons (Fsp3) is 0.364. The van der Waals surface area contributed by atoms with Gasteiger partial charge in [0, 0.05) is 24.0 Å². The Morgan fingerprint density at radius 1 is 1.33 bits per heavy atom. The summed E-state index contributed by atoms with van der Waals surface area (Å²) in [7, 11) is 0. The number of halogens is 1. The molecule has 82 valence electrons. The Kier molecular flexibility index (Phi) is 5.36. The molecule has 15 heavy (non-hydrogen) atoms. The average Bonchev–Trinajstić information content (AvgIpc) is 2.25. The largest absolute Gasteiger partial charge is 0.396 e. The molecule has 0 fully saturated rings. The summed E-state index contributed by atoms with van der Waals surface area (Å²) in [5.74, 6) is -0.0213. The minimum absolute atomic E-state index is 0.0213. The smallest absolute Gasteiger partial charge is 0.220 e. The highest BCUT2D eigenvalue weighted by Crippen LogP contribution is 2.10. The van der Waals surface area contributed by atoms with E-state index in [1.807, 2.05) is 24.3 Å². The summed E-state index contributed by atoms with van der Waals surface area (Å²) in [6.07, 6.45) is 0.902. The Hall–Kier alpha value is -0.870. The third kappa shape index (κ3) is 4.95. The molecule has 2 N–H and O–H groups in total. The van der Waals surface area contributed by atoms with Gasteiger partial charge in [-0.15, -0.1) is 0 Å². The Bertz CT molecular complexity index is 311. The zero-order chi connectivity index (χ0) is 11.1. The molecule has 0 aliphatic heterocycles. The van der Waals surface area contributed by atoms with Crippen LogP contribution >= 0.6 is 15.9 Å². The second-order valence-corrected chi connectivity index (χ2v) is 4.15. The molecule has 0 radical (unpaired) electrons. The number of hydrogen-bond acceptors (Lipinski definition) is 2. The van der Waals surface area contributed by atoms with E-state index in [-0.39, 0.29) is 12.5 Å². The van der Waals surface area contributed by atoms with E-state index in [4.69, 9.17) is 5.11 Å². The number of carbonyl (C=O) groups is 1. The molecule has 0 aliphatic carbocycles. The Morgan fingerprint density at radius 2 is 2.00 bits per heavy atom. The predicted octanol–water partition coefficient (Wildman–Crippen LogP) is 1.84. The molecule has 0 spiro atoms. The number of amides is 1. The number of rotatable bonds is 5. The van der Waals surface area contributed by atoms with Crippen molar-refractivity contribution in [2.45, 2.75) is 19.4 Å². The molecule has 1 rings (SSSR count). The first-order valence-electron chi connectivity index (χ1n) is 4.84. The van der Waals surface area contributed by atoms with Crippen LogP contribution in [0.4, 0.5) is 0 Å². The molecule has 4 heteroatoms. The molecular formula is C11H14BrNO2. The van der Waals surface area contributed by atoms with Gasteiger partial charge in [-0.2, -0.15) is 0 Å². The third-order valence-electron chi connectivity index (χ3n) is 1.96. The van der Waals surface area contributed by atoms with Crippen LogP contribution in [0, 0.1) is 0 Å². The minimum Gasteiger partial charge on any atom is -0.396 e. The van der Waals surface area contributed by atoms with Crippen LogP contribution in [0.25, 0.3) is 0 Å². The molecule has 0 unspecified atom stereocenters. The molecule has 0 aromatic heterocycles. The lowest BCUT2D eigenvalue weighted by Crippen LogP contribution is -2.22. The number of aliphatic hydroxyl groups is 1. The van der Waals surface area contributed by atoms with Gasteiger partial charge in [0.2, 0.25) is 5.91 Å². The van der Waals surface area contributed by atoms with Gasteiger partial charge in [0.25, 0.3) is 0 Å². The van der Waals surface area contributed by atoms with Crippen molar-refractivity contribution >= 4 is 21.8 Å². The molecule has 1 amide bonds. The molecule has 3 nitrogen and oxygen atoms in total. The van der Waals surface area contributed by atoms with Crippen molar-refractivity contribution in [1.29, 1.82) is 0 Å². The van der Waals surface area contributed by atoms with Crippen molar-refractivity contribution in [3.05, 3.63) is 34.3 Å². The van der Waals surface area contributed by atoms with Gasteiger partial charge in [0.05, 0.1) is 0 Å². The summed E-state index contributed by atoms with van der Waals surface area (Å²) in [4.78, 5) is 11.2. The normalized spacial score (nSPS) is 10.0. The van der Waals surface area contributed by atoms with Crippen molar-refractivity contribution in [3.8, 4) is 0 Å². The standard InChI is InChI=1S/C11H14BrNO2/c12-10-5-3-9(4-6-10)8-13-11(15)2-1-7-14/h3-6,14H,1-2,7-8H2,(H,13,15). The van der Waals surface area contributed by atoms with Crippen molar-refractivity contribution in [2.24, 2.45) is 0 Å². The number of hydrogen-bond donors (Lipinski definition) is 2. The number of benzene rings is 1. The monoisotopic (exact) mass is 271 g/mol. The molecule has 0 saturated carbocycles. The lowest BCUT2D eigenvalue weighted by Gasteiger charge is -2.04. The lowest BCUT2D eigenvalue weighted by molar-refractivity contribution is -0.121. The fourth-order valence-corrected chi connectivity index (χ4v) is 1.40. The highest BCUT2D eigenvalue weighted by atomic mass is 79.9. The van der Waals surface area contributed by atoms with E-state index in [0.717, 1.165) is 10.0 Å². The van der Waals surface area contributed by atoms with E-state index < -0.39 is 0 Å². The van der Waals surface area contributed by atoms with E-state index in [1.165, 1.54) is 0 Å². The first-order chi connectivity index (χ1) is 7.22. The van der Waals surface area contributed by atoms with E-state index in [1.54, 1.807) is 0 Å². The first kappa shape index (κ1) is 12.2. The molecule has 1 aromatic carbocycles. The molecule has 0 saturated heterocycles. The summed E-state index contributed by atoms with van der Waals surface area (Å²) in [6, 6.07) is 7.79. The Labute approximate surface area is 97.6 Å². The Balaban J connectivity index is 2.30. The molecule has 0 heterocycles. The van der Waals surface area contributed by atoms with Crippen molar-refractivity contribution < 1.29 is 9.90 Å². The highest BCUT2D eigenvalue weighted by Gasteiger charge is 2.00. The maximum Gasteiger partial charge on any atom is 0.220 e. The number of nitrogens with one attached hydrogen (secondary N) is 1. The van der Waals surface area contributed by atoms with E-state index in [9.17, 15) is 4.79 Å².